The van der Waals surface area contributed by atoms with E-state index in [0.29, 0.717) is 16.7 Å². The molecule has 0 saturated carbocycles. The summed E-state index contributed by atoms with van der Waals surface area (Å²) in [6, 6.07) is 4.94. The van der Waals surface area contributed by atoms with E-state index < -0.39 is 10.0 Å². The standard InChI is InChI=1S/C11H10BrClN2O3S/c12-8-6-10(11(13)14-7-8)19(16,17)15-4-3-9-2-1-5-18-9/h1-2,5-7,15H,3-4H2. The second-order valence-electron chi connectivity index (χ2n) is 3.67. The van der Waals surface area contributed by atoms with Gasteiger partial charge in [0.15, 0.2) is 0 Å². The van der Waals surface area contributed by atoms with Gasteiger partial charge in [0.2, 0.25) is 10.0 Å². The van der Waals surface area contributed by atoms with E-state index in [4.69, 9.17) is 16.0 Å². The van der Waals surface area contributed by atoms with Crippen LogP contribution in [0.25, 0.3) is 0 Å². The third-order valence-electron chi connectivity index (χ3n) is 2.31. The molecule has 0 atom stereocenters. The molecule has 0 aliphatic rings. The van der Waals surface area contributed by atoms with E-state index in [1.807, 2.05) is 0 Å². The molecule has 102 valence electrons. The molecule has 0 aliphatic carbocycles. The first-order valence-electron chi connectivity index (χ1n) is 5.32. The van der Waals surface area contributed by atoms with Crippen molar-refractivity contribution >= 4 is 37.6 Å². The molecule has 2 heterocycles. The van der Waals surface area contributed by atoms with Crippen LogP contribution >= 0.6 is 27.5 Å². The summed E-state index contributed by atoms with van der Waals surface area (Å²) in [4.78, 5) is 3.73. The van der Waals surface area contributed by atoms with Crippen molar-refractivity contribution in [3.05, 3.63) is 46.0 Å². The highest BCUT2D eigenvalue weighted by molar-refractivity contribution is 9.10. The smallest absolute Gasteiger partial charge is 0.243 e. The van der Waals surface area contributed by atoms with E-state index in [-0.39, 0.29) is 16.6 Å². The molecular weight excluding hydrogens is 356 g/mol. The maximum Gasteiger partial charge on any atom is 0.243 e. The summed E-state index contributed by atoms with van der Waals surface area (Å²) < 4.78 is 32.2. The Balaban J connectivity index is 2.07. The van der Waals surface area contributed by atoms with E-state index in [9.17, 15) is 8.42 Å². The fraction of sp³-hybridized carbons (Fsp3) is 0.182. The lowest BCUT2D eigenvalue weighted by atomic mass is 10.3. The maximum atomic E-state index is 12.0. The largest absolute Gasteiger partial charge is 0.469 e. The number of nitrogens with one attached hydrogen (secondary N) is 1. The molecule has 0 fully saturated rings. The van der Waals surface area contributed by atoms with Gasteiger partial charge in [0, 0.05) is 23.6 Å². The van der Waals surface area contributed by atoms with Crippen molar-refractivity contribution in [3.63, 3.8) is 0 Å². The van der Waals surface area contributed by atoms with E-state index >= 15 is 0 Å². The quantitative estimate of drug-likeness (QED) is 0.827. The van der Waals surface area contributed by atoms with Crippen LogP contribution in [0.3, 0.4) is 0 Å². The van der Waals surface area contributed by atoms with Gasteiger partial charge in [0.05, 0.1) is 6.26 Å². The normalized spacial score (nSPS) is 11.7. The molecule has 0 aliphatic heterocycles. The van der Waals surface area contributed by atoms with Crippen molar-refractivity contribution in [2.75, 3.05) is 6.54 Å². The Bertz CT molecular complexity index is 659. The number of rotatable bonds is 5. The van der Waals surface area contributed by atoms with Crippen LogP contribution in [0.5, 0.6) is 0 Å². The van der Waals surface area contributed by atoms with E-state index in [1.54, 1.807) is 18.4 Å². The average Bonchev–Trinajstić information content (AvgIpc) is 2.85. The van der Waals surface area contributed by atoms with Crippen molar-refractivity contribution in [2.45, 2.75) is 11.3 Å². The molecular formula is C11H10BrClN2O3S. The number of aromatic nitrogens is 1. The summed E-state index contributed by atoms with van der Waals surface area (Å²) in [5, 5.41) is -0.0614. The number of furan rings is 1. The minimum Gasteiger partial charge on any atom is -0.469 e. The van der Waals surface area contributed by atoms with E-state index in [2.05, 4.69) is 25.6 Å². The zero-order valence-corrected chi connectivity index (χ0v) is 12.8. The minimum atomic E-state index is -3.68. The summed E-state index contributed by atoms with van der Waals surface area (Å²) in [6.45, 7) is 0.221. The first-order chi connectivity index (χ1) is 8.99. The number of hydrogen-bond donors (Lipinski definition) is 1. The molecule has 8 heteroatoms. The third-order valence-corrected chi connectivity index (χ3v) is 4.63. The van der Waals surface area contributed by atoms with E-state index in [0.717, 1.165) is 0 Å². The molecule has 0 amide bonds. The van der Waals surface area contributed by atoms with Crippen LogP contribution in [-0.2, 0) is 16.4 Å². The molecule has 0 radical (unpaired) electrons. The molecule has 2 aromatic rings. The van der Waals surface area contributed by atoms with Gasteiger partial charge in [-0.05, 0) is 34.1 Å². The molecule has 0 aromatic carbocycles. The van der Waals surface area contributed by atoms with Crippen LogP contribution in [0.2, 0.25) is 5.15 Å². The van der Waals surface area contributed by atoms with Crippen molar-refractivity contribution in [1.29, 1.82) is 0 Å². The Morgan fingerprint density at radius 1 is 1.47 bits per heavy atom. The van der Waals surface area contributed by atoms with Gasteiger partial charge in [0.1, 0.15) is 15.8 Å². The summed E-state index contributed by atoms with van der Waals surface area (Å²) in [6.07, 6.45) is 3.44. The van der Waals surface area contributed by atoms with Crippen LogP contribution < -0.4 is 4.72 Å². The molecule has 1 N–H and O–H groups in total. The lowest BCUT2D eigenvalue weighted by Crippen LogP contribution is -2.26. The SMILES string of the molecule is O=S(=O)(NCCc1ccco1)c1cc(Br)cnc1Cl. The molecule has 5 nitrogen and oxygen atoms in total. The summed E-state index contributed by atoms with van der Waals surface area (Å²) in [5.74, 6) is 0.709. The monoisotopic (exact) mass is 364 g/mol. The van der Waals surface area contributed by atoms with Crippen molar-refractivity contribution in [1.82, 2.24) is 9.71 Å². The third kappa shape index (κ3) is 3.79. The second kappa shape index (κ2) is 6.04. The zero-order chi connectivity index (χ0) is 13.9. The van der Waals surface area contributed by atoms with Gasteiger partial charge in [-0.2, -0.15) is 0 Å². The van der Waals surface area contributed by atoms with Crippen LogP contribution in [0.15, 0.2) is 44.4 Å². The lowest BCUT2D eigenvalue weighted by molar-refractivity contribution is 0.506. The number of nitrogens with zero attached hydrogens (tertiary/aromatic N) is 1. The van der Waals surface area contributed by atoms with Gasteiger partial charge in [0.25, 0.3) is 0 Å². The van der Waals surface area contributed by atoms with Crippen LogP contribution in [0, 0.1) is 0 Å². The second-order valence-corrected chi connectivity index (χ2v) is 6.68. The van der Waals surface area contributed by atoms with E-state index in [1.165, 1.54) is 12.3 Å². The topological polar surface area (TPSA) is 72.2 Å². The summed E-state index contributed by atoms with van der Waals surface area (Å²) in [7, 11) is -3.68. The molecule has 19 heavy (non-hydrogen) atoms. The molecule has 0 spiro atoms. The first-order valence-corrected chi connectivity index (χ1v) is 7.97. The van der Waals surface area contributed by atoms with Gasteiger partial charge >= 0.3 is 0 Å². The van der Waals surface area contributed by atoms with Gasteiger partial charge in [-0.25, -0.2) is 18.1 Å². The highest BCUT2D eigenvalue weighted by Gasteiger charge is 2.18. The molecule has 2 aromatic heterocycles. The number of halogens is 2. The Morgan fingerprint density at radius 2 is 2.26 bits per heavy atom. The molecule has 0 saturated heterocycles. The fourth-order valence-electron chi connectivity index (χ4n) is 1.43. The predicted molar refractivity (Wildman–Crippen MR) is 74.5 cm³/mol. The molecule has 0 bridgehead atoms. The van der Waals surface area contributed by atoms with Crippen molar-refractivity contribution < 1.29 is 12.8 Å². The van der Waals surface area contributed by atoms with Crippen molar-refractivity contribution in [2.24, 2.45) is 0 Å². The maximum absolute atomic E-state index is 12.0. The van der Waals surface area contributed by atoms with Gasteiger partial charge in [-0.15, -0.1) is 0 Å². The zero-order valence-electron chi connectivity index (χ0n) is 9.64. The molecule has 0 unspecified atom stereocenters. The fourth-order valence-corrected chi connectivity index (χ4v) is 3.41. The Labute approximate surface area is 124 Å². The van der Waals surface area contributed by atoms with Crippen LogP contribution in [0.1, 0.15) is 5.76 Å². The number of hydrogen-bond acceptors (Lipinski definition) is 4. The molecule has 2 rings (SSSR count). The summed E-state index contributed by atoms with van der Waals surface area (Å²) >= 11 is 8.95. The number of sulfonamides is 1. The highest BCUT2D eigenvalue weighted by atomic mass is 79.9. The Hall–Kier alpha value is -0.890. The predicted octanol–water partition coefficient (Wildman–Crippen LogP) is 2.61. The Morgan fingerprint density at radius 3 is 2.95 bits per heavy atom. The Kier molecular flexibility index (Phi) is 4.62. The van der Waals surface area contributed by atoms with Gasteiger partial charge < -0.3 is 4.42 Å². The highest BCUT2D eigenvalue weighted by Crippen LogP contribution is 2.22. The van der Waals surface area contributed by atoms with Crippen molar-refractivity contribution in [3.8, 4) is 0 Å². The lowest BCUT2D eigenvalue weighted by Gasteiger charge is -2.07. The van der Waals surface area contributed by atoms with Gasteiger partial charge in [-0.3, -0.25) is 0 Å². The first kappa shape index (κ1) is 14.5. The minimum absolute atomic E-state index is 0.0528. The summed E-state index contributed by atoms with van der Waals surface area (Å²) in [5.41, 5.74) is 0. The number of pyridine rings is 1. The average molecular weight is 366 g/mol. The van der Waals surface area contributed by atoms with Crippen LogP contribution in [-0.4, -0.2) is 19.9 Å². The van der Waals surface area contributed by atoms with Crippen LogP contribution in [0.4, 0.5) is 0 Å². The van der Waals surface area contributed by atoms with Gasteiger partial charge in [-0.1, -0.05) is 11.6 Å².